The van der Waals surface area contributed by atoms with Gasteiger partial charge in [0.2, 0.25) is 0 Å². The first-order chi connectivity index (χ1) is 20.7. The Morgan fingerprint density at radius 2 is 1.45 bits per heavy atom. The number of hydrogen-bond donors (Lipinski definition) is 0. The number of nitrogens with zero attached hydrogens (tertiary/aromatic N) is 2. The average Bonchev–Trinajstić information content (AvgIpc) is 3.36. The highest BCUT2D eigenvalue weighted by atomic mass is 15.1. The van der Waals surface area contributed by atoms with E-state index in [1.807, 2.05) is 0 Å². The minimum absolute atomic E-state index is 0.229. The van der Waals surface area contributed by atoms with E-state index in [-0.39, 0.29) is 5.92 Å². The minimum atomic E-state index is 0.229. The molecule has 0 bridgehead atoms. The molecule has 1 aliphatic heterocycles. The Morgan fingerprint density at radius 1 is 0.738 bits per heavy atom. The van der Waals surface area contributed by atoms with Crippen molar-refractivity contribution in [3.05, 3.63) is 166 Å². The third kappa shape index (κ3) is 4.50. The molecular weight excluding hydrogens is 508 g/mol. The molecule has 0 aliphatic carbocycles. The molecule has 2 nitrogen and oxygen atoms in total. The Morgan fingerprint density at radius 3 is 2.26 bits per heavy atom. The van der Waals surface area contributed by atoms with Gasteiger partial charge in [0, 0.05) is 21.9 Å². The largest absolute Gasteiger partial charge is 0.294 e. The lowest BCUT2D eigenvalue weighted by molar-refractivity contribution is 0.930. The molecule has 0 saturated carbocycles. The van der Waals surface area contributed by atoms with Gasteiger partial charge in [0.1, 0.15) is 5.82 Å². The van der Waals surface area contributed by atoms with E-state index in [2.05, 4.69) is 158 Å². The summed E-state index contributed by atoms with van der Waals surface area (Å²) in [5.74, 6) is 1.21. The lowest BCUT2D eigenvalue weighted by atomic mass is 9.86. The Hall–Kier alpha value is -4.95. The standard InChI is InChI=1S/C40H34N2/c1-3-15-31-26-27-37-40(39(31)28(2)29-16-6-4-7-17-29)34-21-11-13-24-36(34)42(37)38-25-14-22-32(30-18-8-5-9-19-30)33-20-10-12-23-35(33)41-38/h3-13,15-21,23-28H,14,22H2,1-2H3/b15-3-,33-32?,38-25+,41-35-. The third-order valence-electron chi connectivity index (χ3n) is 8.53. The van der Waals surface area contributed by atoms with E-state index in [0.717, 1.165) is 24.0 Å². The molecule has 5 aromatic carbocycles. The SMILES string of the molecule is C/C=C\c1ccc2c(c1C(C)c1ccccc1)c1ccccc1n2C1=C/CCC(c2ccccc2)=c2cccc\c2=N\1. The third-order valence-corrected chi connectivity index (χ3v) is 8.53. The van der Waals surface area contributed by atoms with Crippen molar-refractivity contribution >= 4 is 39.3 Å². The van der Waals surface area contributed by atoms with Crippen LogP contribution in [-0.4, -0.2) is 4.57 Å². The molecule has 6 aromatic rings. The number of benzene rings is 5. The van der Waals surface area contributed by atoms with Crippen molar-refractivity contribution in [2.45, 2.75) is 32.6 Å². The molecule has 0 spiro atoms. The van der Waals surface area contributed by atoms with Crippen molar-refractivity contribution in [1.82, 2.24) is 4.57 Å². The van der Waals surface area contributed by atoms with Gasteiger partial charge in [-0.25, -0.2) is 4.99 Å². The molecule has 2 heteroatoms. The van der Waals surface area contributed by atoms with Crippen LogP contribution < -0.4 is 10.6 Å². The highest BCUT2D eigenvalue weighted by Crippen LogP contribution is 2.41. The van der Waals surface area contributed by atoms with Crippen molar-refractivity contribution in [1.29, 1.82) is 0 Å². The molecule has 1 atom stereocenters. The molecule has 0 fully saturated rings. The molecule has 42 heavy (non-hydrogen) atoms. The second-order valence-corrected chi connectivity index (χ2v) is 11.0. The Labute approximate surface area is 247 Å². The zero-order chi connectivity index (χ0) is 28.5. The Bertz CT molecular complexity index is 2090. The fourth-order valence-corrected chi connectivity index (χ4v) is 6.61. The molecular formula is C40H34N2. The maximum atomic E-state index is 5.40. The van der Waals surface area contributed by atoms with E-state index < -0.39 is 0 Å². The summed E-state index contributed by atoms with van der Waals surface area (Å²) in [7, 11) is 0. The van der Waals surface area contributed by atoms with Gasteiger partial charge in [-0.05, 0) is 71.9 Å². The summed E-state index contributed by atoms with van der Waals surface area (Å²) in [6.07, 6.45) is 8.59. The van der Waals surface area contributed by atoms with Crippen LogP contribution in [0.15, 0.2) is 138 Å². The van der Waals surface area contributed by atoms with Gasteiger partial charge in [-0.3, -0.25) is 4.57 Å². The number of hydrogen-bond acceptors (Lipinski definition) is 1. The summed E-state index contributed by atoms with van der Waals surface area (Å²) in [6, 6.07) is 43.6. The van der Waals surface area contributed by atoms with Crippen LogP contribution >= 0.6 is 0 Å². The molecule has 0 radical (unpaired) electrons. The van der Waals surface area contributed by atoms with Gasteiger partial charge in [0.25, 0.3) is 0 Å². The van der Waals surface area contributed by atoms with E-state index in [4.69, 9.17) is 4.99 Å². The number of fused-ring (bicyclic) bond motifs is 4. The highest BCUT2D eigenvalue weighted by molar-refractivity contribution is 6.12. The zero-order valence-corrected chi connectivity index (χ0v) is 24.2. The van der Waals surface area contributed by atoms with Gasteiger partial charge in [-0.15, -0.1) is 0 Å². The van der Waals surface area contributed by atoms with Gasteiger partial charge in [0.05, 0.1) is 16.4 Å². The monoisotopic (exact) mass is 542 g/mol. The van der Waals surface area contributed by atoms with E-state index >= 15 is 0 Å². The first-order valence-electron chi connectivity index (χ1n) is 14.9. The van der Waals surface area contributed by atoms with Crippen LogP contribution in [-0.2, 0) is 0 Å². The summed E-state index contributed by atoms with van der Waals surface area (Å²) in [5, 5.41) is 4.79. The predicted octanol–water partition coefficient (Wildman–Crippen LogP) is 9.09. The summed E-state index contributed by atoms with van der Waals surface area (Å²) >= 11 is 0. The zero-order valence-electron chi connectivity index (χ0n) is 24.2. The Kier molecular flexibility index (Phi) is 6.89. The summed E-state index contributed by atoms with van der Waals surface area (Å²) in [5.41, 5.74) is 8.95. The molecule has 0 saturated heterocycles. The van der Waals surface area contributed by atoms with Crippen LogP contribution in [0, 0.1) is 0 Å². The van der Waals surface area contributed by atoms with Crippen LogP contribution in [0.4, 0.5) is 0 Å². The maximum Gasteiger partial charge on any atom is 0.134 e. The molecule has 0 N–H and O–H groups in total. The quantitative estimate of drug-likeness (QED) is 0.207. The van der Waals surface area contributed by atoms with Crippen molar-refractivity contribution in [2.24, 2.45) is 4.99 Å². The molecule has 2 heterocycles. The van der Waals surface area contributed by atoms with E-state index in [0.29, 0.717) is 0 Å². The number of allylic oxidation sites excluding steroid dienone is 2. The van der Waals surface area contributed by atoms with Crippen LogP contribution in [0.25, 0.3) is 39.3 Å². The number of para-hydroxylation sites is 2. The van der Waals surface area contributed by atoms with Gasteiger partial charge in [-0.1, -0.05) is 122 Å². The van der Waals surface area contributed by atoms with Gasteiger partial charge < -0.3 is 0 Å². The van der Waals surface area contributed by atoms with Crippen molar-refractivity contribution in [3.8, 4) is 0 Å². The highest BCUT2D eigenvalue weighted by Gasteiger charge is 2.22. The number of rotatable bonds is 5. The molecule has 1 aromatic heterocycles. The van der Waals surface area contributed by atoms with E-state index in [1.165, 1.54) is 54.9 Å². The first-order valence-corrected chi connectivity index (χ1v) is 14.9. The second-order valence-electron chi connectivity index (χ2n) is 11.0. The van der Waals surface area contributed by atoms with Crippen LogP contribution in [0.2, 0.25) is 0 Å². The maximum absolute atomic E-state index is 5.40. The average molecular weight is 543 g/mol. The smallest absolute Gasteiger partial charge is 0.134 e. The van der Waals surface area contributed by atoms with Crippen molar-refractivity contribution < 1.29 is 0 Å². The fourth-order valence-electron chi connectivity index (χ4n) is 6.61. The van der Waals surface area contributed by atoms with E-state index in [1.54, 1.807) is 0 Å². The van der Waals surface area contributed by atoms with E-state index in [9.17, 15) is 0 Å². The summed E-state index contributed by atoms with van der Waals surface area (Å²) in [6.45, 7) is 4.43. The lowest BCUT2D eigenvalue weighted by Gasteiger charge is -2.18. The number of aromatic nitrogens is 1. The molecule has 7 rings (SSSR count). The summed E-state index contributed by atoms with van der Waals surface area (Å²) < 4.78 is 2.38. The van der Waals surface area contributed by atoms with Crippen LogP contribution in [0.5, 0.6) is 0 Å². The molecule has 204 valence electrons. The van der Waals surface area contributed by atoms with Crippen molar-refractivity contribution in [3.63, 3.8) is 0 Å². The second kappa shape index (κ2) is 11.1. The Balaban J connectivity index is 1.53. The molecule has 1 unspecified atom stereocenters. The molecule has 0 amide bonds. The van der Waals surface area contributed by atoms with Crippen LogP contribution in [0.3, 0.4) is 0 Å². The first kappa shape index (κ1) is 26.0. The van der Waals surface area contributed by atoms with Gasteiger partial charge in [-0.2, -0.15) is 0 Å². The topological polar surface area (TPSA) is 17.3 Å². The fraction of sp³-hybridized carbons (Fsp3) is 0.125. The summed E-state index contributed by atoms with van der Waals surface area (Å²) in [4.78, 5) is 5.40. The van der Waals surface area contributed by atoms with Gasteiger partial charge >= 0.3 is 0 Å². The van der Waals surface area contributed by atoms with Crippen molar-refractivity contribution in [2.75, 3.05) is 0 Å². The minimum Gasteiger partial charge on any atom is -0.294 e. The lowest BCUT2D eigenvalue weighted by Crippen LogP contribution is -2.28. The van der Waals surface area contributed by atoms with Gasteiger partial charge in [0.15, 0.2) is 0 Å². The molecule has 1 aliphatic rings. The predicted molar refractivity (Wildman–Crippen MR) is 178 cm³/mol. The van der Waals surface area contributed by atoms with Crippen LogP contribution in [0.1, 0.15) is 54.9 Å². The normalized spacial score (nSPS) is 16.4.